The van der Waals surface area contributed by atoms with E-state index >= 15 is 0 Å². The van der Waals surface area contributed by atoms with Crippen LogP contribution in [-0.4, -0.2) is 0 Å². The van der Waals surface area contributed by atoms with Gasteiger partial charge in [-0.15, -0.1) is 0 Å². The van der Waals surface area contributed by atoms with E-state index in [1.807, 2.05) is 0 Å². The Hall–Kier alpha value is -5.46. The third-order valence-electron chi connectivity index (χ3n) is 10.00. The zero-order valence-electron chi connectivity index (χ0n) is 25.5. The quantitative estimate of drug-likeness (QED) is 0.197. The highest BCUT2D eigenvalue weighted by atomic mass is 14.4. The SMILES string of the molecule is CC1(C)c2cc(-c3cc(-c4ccc5ccc(-c6ccccc6)cc5c4)cc4ccccc34)ccc2-c2cc3ccccc3cc21. The monoisotopic (exact) mass is 572 g/mol. The molecule has 0 saturated heterocycles. The summed E-state index contributed by atoms with van der Waals surface area (Å²) in [7, 11) is 0. The lowest BCUT2D eigenvalue weighted by Gasteiger charge is -2.22. The van der Waals surface area contributed by atoms with Gasteiger partial charge in [-0.2, -0.15) is 0 Å². The lowest BCUT2D eigenvalue weighted by molar-refractivity contribution is 0.661. The van der Waals surface area contributed by atoms with Crippen LogP contribution in [0, 0.1) is 0 Å². The lowest BCUT2D eigenvalue weighted by atomic mass is 9.80. The summed E-state index contributed by atoms with van der Waals surface area (Å²) in [5.41, 5.74) is 13.0. The van der Waals surface area contributed by atoms with Crippen molar-refractivity contribution in [3.8, 4) is 44.5 Å². The van der Waals surface area contributed by atoms with Crippen LogP contribution in [0.3, 0.4) is 0 Å². The van der Waals surface area contributed by atoms with Crippen LogP contribution in [0.2, 0.25) is 0 Å². The summed E-state index contributed by atoms with van der Waals surface area (Å²) < 4.78 is 0. The molecule has 0 nitrogen and oxygen atoms in total. The van der Waals surface area contributed by atoms with E-state index in [9.17, 15) is 0 Å². The highest BCUT2D eigenvalue weighted by molar-refractivity contribution is 6.02. The van der Waals surface area contributed by atoms with Crippen molar-refractivity contribution in [3.63, 3.8) is 0 Å². The van der Waals surface area contributed by atoms with Gasteiger partial charge >= 0.3 is 0 Å². The molecule has 0 unspecified atom stereocenters. The van der Waals surface area contributed by atoms with Crippen molar-refractivity contribution in [2.45, 2.75) is 19.3 Å². The molecule has 0 amide bonds. The van der Waals surface area contributed by atoms with E-state index in [2.05, 4.69) is 172 Å². The minimum absolute atomic E-state index is 0.0765. The van der Waals surface area contributed by atoms with Gasteiger partial charge in [0.2, 0.25) is 0 Å². The smallest absolute Gasteiger partial charge is 0.0159 e. The average Bonchev–Trinajstić information content (AvgIpc) is 3.31. The van der Waals surface area contributed by atoms with Crippen LogP contribution in [0.25, 0.3) is 76.8 Å². The van der Waals surface area contributed by atoms with Crippen LogP contribution >= 0.6 is 0 Å². The molecule has 8 aromatic rings. The summed E-state index contributed by atoms with van der Waals surface area (Å²) in [4.78, 5) is 0. The molecule has 212 valence electrons. The molecule has 1 aliphatic rings. The van der Waals surface area contributed by atoms with E-state index in [1.165, 1.54) is 88.0 Å². The van der Waals surface area contributed by atoms with Crippen LogP contribution in [-0.2, 0) is 5.41 Å². The lowest BCUT2D eigenvalue weighted by Crippen LogP contribution is -2.15. The molecule has 1 aliphatic carbocycles. The Kier molecular flexibility index (Phi) is 5.64. The maximum atomic E-state index is 2.46. The van der Waals surface area contributed by atoms with Gasteiger partial charge in [0, 0.05) is 5.41 Å². The first kappa shape index (κ1) is 26.0. The fraction of sp³-hybridized carbons (Fsp3) is 0.0667. The maximum Gasteiger partial charge on any atom is 0.0159 e. The van der Waals surface area contributed by atoms with Gasteiger partial charge < -0.3 is 0 Å². The standard InChI is InChI=1S/C45H32/c1-45(2)43-28-36(20-21-40(43)42-25-31-12-6-7-13-32(31)27-44(42)45)41-26-38(24-35-14-8-9-15-39(35)41)34-19-17-30-16-18-33(22-37(30)23-34)29-10-4-3-5-11-29/h3-28H,1-2H3. The third kappa shape index (κ3) is 4.14. The summed E-state index contributed by atoms with van der Waals surface area (Å²) in [5.74, 6) is 0. The highest BCUT2D eigenvalue weighted by Crippen LogP contribution is 2.51. The molecule has 9 rings (SSSR count). The van der Waals surface area contributed by atoms with Gasteiger partial charge in [-0.1, -0.05) is 129 Å². The minimum atomic E-state index is -0.0765. The third-order valence-corrected chi connectivity index (χ3v) is 10.00. The average molecular weight is 573 g/mol. The fourth-order valence-corrected chi connectivity index (χ4v) is 7.54. The Balaban J connectivity index is 1.19. The Labute approximate surface area is 264 Å². The summed E-state index contributed by atoms with van der Waals surface area (Å²) in [6, 6.07) is 58.5. The second-order valence-corrected chi connectivity index (χ2v) is 13.0. The predicted octanol–water partition coefficient (Wildman–Crippen LogP) is 12.5. The van der Waals surface area contributed by atoms with Crippen molar-refractivity contribution in [2.75, 3.05) is 0 Å². The molecule has 0 aliphatic heterocycles. The Morgan fingerprint density at radius 3 is 1.69 bits per heavy atom. The van der Waals surface area contributed by atoms with Crippen LogP contribution in [0.4, 0.5) is 0 Å². The van der Waals surface area contributed by atoms with Gasteiger partial charge in [-0.3, -0.25) is 0 Å². The Morgan fingerprint density at radius 1 is 0.311 bits per heavy atom. The van der Waals surface area contributed by atoms with Gasteiger partial charge in [0.05, 0.1) is 0 Å². The molecule has 0 saturated carbocycles. The molecule has 8 aromatic carbocycles. The molecule has 0 radical (unpaired) electrons. The summed E-state index contributed by atoms with van der Waals surface area (Å²) >= 11 is 0. The first-order chi connectivity index (χ1) is 22.0. The minimum Gasteiger partial charge on any atom is -0.0622 e. The topological polar surface area (TPSA) is 0 Å². The number of fused-ring (bicyclic) bond motifs is 6. The first-order valence-corrected chi connectivity index (χ1v) is 15.8. The number of hydrogen-bond acceptors (Lipinski definition) is 0. The normalized spacial score (nSPS) is 13.3. The van der Waals surface area contributed by atoms with Gasteiger partial charge in [0.15, 0.2) is 0 Å². The molecular weight excluding hydrogens is 540 g/mol. The summed E-state index contributed by atoms with van der Waals surface area (Å²) in [5, 5.41) is 7.67. The molecule has 0 heterocycles. The maximum absolute atomic E-state index is 2.46. The zero-order chi connectivity index (χ0) is 30.1. The predicted molar refractivity (Wildman–Crippen MR) is 193 cm³/mol. The van der Waals surface area contributed by atoms with E-state index in [-0.39, 0.29) is 5.41 Å². The van der Waals surface area contributed by atoms with E-state index in [4.69, 9.17) is 0 Å². The van der Waals surface area contributed by atoms with Gasteiger partial charge in [-0.05, 0) is 130 Å². The molecule has 0 aromatic heterocycles. The number of hydrogen-bond donors (Lipinski definition) is 0. The second-order valence-electron chi connectivity index (χ2n) is 13.0. The van der Waals surface area contributed by atoms with Crippen molar-refractivity contribution >= 4 is 32.3 Å². The van der Waals surface area contributed by atoms with E-state index in [0.29, 0.717) is 0 Å². The molecule has 0 spiro atoms. The van der Waals surface area contributed by atoms with E-state index in [1.54, 1.807) is 0 Å². The molecular formula is C45H32. The van der Waals surface area contributed by atoms with E-state index in [0.717, 1.165) is 0 Å². The molecule has 0 fully saturated rings. The van der Waals surface area contributed by atoms with Gasteiger partial charge in [-0.25, -0.2) is 0 Å². The number of benzene rings is 8. The highest BCUT2D eigenvalue weighted by Gasteiger charge is 2.36. The fourth-order valence-electron chi connectivity index (χ4n) is 7.54. The molecule has 0 heteroatoms. The van der Waals surface area contributed by atoms with Crippen molar-refractivity contribution in [3.05, 3.63) is 169 Å². The molecule has 45 heavy (non-hydrogen) atoms. The van der Waals surface area contributed by atoms with Gasteiger partial charge in [0.25, 0.3) is 0 Å². The van der Waals surface area contributed by atoms with Crippen molar-refractivity contribution in [1.29, 1.82) is 0 Å². The largest absolute Gasteiger partial charge is 0.0622 e. The van der Waals surface area contributed by atoms with Crippen LogP contribution in [0.15, 0.2) is 158 Å². The van der Waals surface area contributed by atoms with Crippen molar-refractivity contribution < 1.29 is 0 Å². The van der Waals surface area contributed by atoms with Crippen LogP contribution in [0.1, 0.15) is 25.0 Å². The molecule has 0 bridgehead atoms. The van der Waals surface area contributed by atoms with Gasteiger partial charge in [0.1, 0.15) is 0 Å². The Bertz CT molecular complexity index is 2440. The van der Waals surface area contributed by atoms with Crippen molar-refractivity contribution in [2.24, 2.45) is 0 Å². The van der Waals surface area contributed by atoms with E-state index < -0.39 is 0 Å². The molecule has 0 atom stereocenters. The summed E-state index contributed by atoms with van der Waals surface area (Å²) in [6.07, 6.45) is 0. The van der Waals surface area contributed by atoms with Crippen LogP contribution < -0.4 is 0 Å². The second kappa shape index (κ2) is 9.78. The number of rotatable bonds is 3. The Morgan fingerprint density at radius 2 is 0.911 bits per heavy atom. The summed E-state index contributed by atoms with van der Waals surface area (Å²) in [6.45, 7) is 4.76. The first-order valence-electron chi connectivity index (χ1n) is 15.8. The van der Waals surface area contributed by atoms with Crippen molar-refractivity contribution in [1.82, 2.24) is 0 Å². The molecule has 0 N–H and O–H groups in total. The zero-order valence-corrected chi connectivity index (χ0v) is 25.5. The van der Waals surface area contributed by atoms with Crippen LogP contribution in [0.5, 0.6) is 0 Å².